The summed E-state index contributed by atoms with van der Waals surface area (Å²) in [4.78, 5) is 0. The van der Waals surface area contributed by atoms with Crippen molar-refractivity contribution in [2.24, 2.45) is 5.73 Å². The van der Waals surface area contributed by atoms with Gasteiger partial charge in [-0.2, -0.15) is 0 Å². The molecular formula is C11H11ClN2O2S2. The maximum atomic E-state index is 12.0. The summed E-state index contributed by atoms with van der Waals surface area (Å²) in [5.74, 6) is 0. The molecule has 0 aliphatic heterocycles. The lowest BCUT2D eigenvalue weighted by Gasteiger charge is -2.05. The molecule has 2 aromatic rings. The highest BCUT2D eigenvalue weighted by atomic mass is 35.5. The highest BCUT2D eigenvalue weighted by molar-refractivity contribution is 7.94. The molecule has 4 nitrogen and oxygen atoms in total. The van der Waals surface area contributed by atoms with Crippen molar-refractivity contribution in [1.82, 2.24) is 0 Å². The van der Waals surface area contributed by atoms with Gasteiger partial charge in [-0.25, -0.2) is 8.42 Å². The van der Waals surface area contributed by atoms with Crippen LogP contribution in [0.25, 0.3) is 0 Å². The van der Waals surface area contributed by atoms with Crippen molar-refractivity contribution in [3.8, 4) is 0 Å². The minimum absolute atomic E-state index is 0.248. The molecule has 0 spiro atoms. The topological polar surface area (TPSA) is 72.2 Å². The zero-order valence-electron chi connectivity index (χ0n) is 9.26. The average Bonchev–Trinajstić information content (AvgIpc) is 2.81. The van der Waals surface area contributed by atoms with Crippen LogP contribution in [0, 0.1) is 0 Å². The van der Waals surface area contributed by atoms with Crippen LogP contribution in [0.3, 0.4) is 0 Å². The first kappa shape index (κ1) is 13.4. The van der Waals surface area contributed by atoms with E-state index in [1.165, 1.54) is 0 Å². The molecule has 0 bridgehead atoms. The van der Waals surface area contributed by atoms with Gasteiger partial charge in [0, 0.05) is 17.3 Å². The lowest BCUT2D eigenvalue weighted by molar-refractivity contribution is 0.603. The Kier molecular flexibility index (Phi) is 3.91. The van der Waals surface area contributed by atoms with E-state index in [4.69, 9.17) is 17.3 Å². The molecule has 0 unspecified atom stereocenters. The summed E-state index contributed by atoms with van der Waals surface area (Å²) in [7, 11) is -3.55. The predicted molar refractivity (Wildman–Crippen MR) is 74.5 cm³/mol. The molecule has 0 aliphatic carbocycles. The van der Waals surface area contributed by atoms with Crippen LogP contribution in [0.15, 0.2) is 39.9 Å². The van der Waals surface area contributed by atoms with Crippen molar-refractivity contribution in [1.29, 1.82) is 0 Å². The normalized spacial score (nSPS) is 11.4. The summed E-state index contributed by atoms with van der Waals surface area (Å²) < 4.78 is 26.8. The van der Waals surface area contributed by atoms with Gasteiger partial charge in [-0.05, 0) is 41.3 Å². The van der Waals surface area contributed by atoms with Gasteiger partial charge < -0.3 is 5.73 Å². The Balaban J connectivity index is 2.24. The molecule has 0 aliphatic rings. The van der Waals surface area contributed by atoms with E-state index in [0.717, 1.165) is 16.9 Å². The monoisotopic (exact) mass is 302 g/mol. The molecule has 0 saturated carbocycles. The predicted octanol–water partition coefficient (Wildman–Crippen LogP) is 2.66. The Morgan fingerprint density at radius 2 is 1.94 bits per heavy atom. The fourth-order valence-electron chi connectivity index (χ4n) is 1.32. The Morgan fingerprint density at radius 1 is 1.28 bits per heavy atom. The third kappa shape index (κ3) is 3.02. The smallest absolute Gasteiger partial charge is 0.271 e. The molecule has 1 heterocycles. The van der Waals surface area contributed by atoms with Crippen molar-refractivity contribution in [3.05, 3.63) is 46.3 Å². The van der Waals surface area contributed by atoms with E-state index in [9.17, 15) is 8.42 Å². The van der Waals surface area contributed by atoms with Gasteiger partial charge in [0.05, 0.1) is 0 Å². The third-order valence-electron chi connectivity index (χ3n) is 2.23. The first-order valence-corrected chi connectivity index (χ1v) is 7.81. The second-order valence-electron chi connectivity index (χ2n) is 3.59. The highest BCUT2D eigenvalue weighted by Gasteiger charge is 2.16. The Hall–Kier alpha value is -1.08. The molecular weight excluding hydrogens is 292 g/mol. The van der Waals surface area contributed by atoms with E-state index < -0.39 is 10.0 Å². The maximum absolute atomic E-state index is 12.0. The number of rotatable bonds is 4. The second-order valence-corrected chi connectivity index (χ2v) is 6.85. The van der Waals surface area contributed by atoms with E-state index in [1.54, 1.807) is 35.7 Å². The van der Waals surface area contributed by atoms with Crippen LogP contribution < -0.4 is 10.5 Å². The van der Waals surface area contributed by atoms with Crippen molar-refractivity contribution in [3.63, 3.8) is 0 Å². The van der Waals surface area contributed by atoms with Crippen LogP contribution in [-0.4, -0.2) is 8.42 Å². The van der Waals surface area contributed by atoms with E-state index >= 15 is 0 Å². The van der Waals surface area contributed by atoms with Gasteiger partial charge in [-0.3, -0.25) is 4.72 Å². The largest absolute Gasteiger partial charge is 0.326 e. The quantitative estimate of drug-likeness (QED) is 0.912. The number of thiophene rings is 1. The number of hydrogen-bond donors (Lipinski definition) is 2. The first-order valence-electron chi connectivity index (χ1n) is 5.07. The Bertz CT molecular complexity index is 635. The first-order chi connectivity index (χ1) is 8.51. The highest BCUT2D eigenvalue weighted by Crippen LogP contribution is 2.23. The van der Waals surface area contributed by atoms with Crippen LogP contribution in [0.4, 0.5) is 5.69 Å². The third-order valence-corrected chi connectivity index (χ3v) is 5.35. The number of hydrogen-bond acceptors (Lipinski definition) is 4. The second kappa shape index (κ2) is 5.27. The van der Waals surface area contributed by atoms with Crippen LogP contribution in [-0.2, 0) is 16.6 Å². The summed E-state index contributed by atoms with van der Waals surface area (Å²) in [6, 6.07) is 8.04. The zero-order valence-corrected chi connectivity index (χ0v) is 11.6. The van der Waals surface area contributed by atoms with Crippen LogP contribution in [0.2, 0.25) is 5.02 Å². The number of halogens is 1. The summed E-state index contributed by atoms with van der Waals surface area (Å²) in [5, 5.41) is 2.29. The van der Waals surface area contributed by atoms with Gasteiger partial charge in [0.15, 0.2) is 0 Å². The lowest BCUT2D eigenvalue weighted by atomic mass is 10.3. The summed E-state index contributed by atoms with van der Waals surface area (Å²) in [5.41, 5.74) is 6.73. The molecule has 1 aromatic carbocycles. The van der Waals surface area contributed by atoms with Gasteiger partial charge in [-0.15, -0.1) is 11.3 Å². The van der Waals surface area contributed by atoms with Gasteiger partial charge >= 0.3 is 0 Å². The van der Waals surface area contributed by atoms with Crippen LogP contribution in [0.5, 0.6) is 0 Å². The molecule has 0 amide bonds. The number of nitrogens with one attached hydrogen (secondary N) is 1. The molecule has 96 valence electrons. The molecule has 7 heteroatoms. The van der Waals surface area contributed by atoms with Crippen molar-refractivity contribution >= 4 is 38.6 Å². The number of anilines is 1. The summed E-state index contributed by atoms with van der Waals surface area (Å²) in [6.45, 7) is 0.326. The van der Waals surface area contributed by atoms with Gasteiger partial charge in [0.25, 0.3) is 10.0 Å². The van der Waals surface area contributed by atoms with Gasteiger partial charge in [0.2, 0.25) is 0 Å². The van der Waals surface area contributed by atoms with E-state index in [2.05, 4.69) is 4.72 Å². The minimum atomic E-state index is -3.55. The standard InChI is InChI=1S/C11H11ClN2O2S2/c12-9-1-3-10(4-2-9)14-18(15,16)11-5-8(6-13)7-17-11/h1-5,7,14H,6,13H2. The Morgan fingerprint density at radius 3 is 2.50 bits per heavy atom. The molecule has 0 radical (unpaired) electrons. The molecule has 0 atom stereocenters. The lowest BCUT2D eigenvalue weighted by Crippen LogP contribution is -2.11. The number of sulfonamides is 1. The molecule has 3 N–H and O–H groups in total. The van der Waals surface area contributed by atoms with Crippen molar-refractivity contribution in [2.45, 2.75) is 10.8 Å². The van der Waals surface area contributed by atoms with Crippen molar-refractivity contribution in [2.75, 3.05) is 4.72 Å². The number of benzene rings is 1. The molecule has 1 aromatic heterocycles. The fourth-order valence-corrected chi connectivity index (χ4v) is 3.73. The van der Waals surface area contributed by atoms with E-state index in [-0.39, 0.29) is 4.21 Å². The summed E-state index contributed by atoms with van der Waals surface area (Å²) >= 11 is 6.88. The Labute approximate surface area is 114 Å². The van der Waals surface area contributed by atoms with Crippen molar-refractivity contribution < 1.29 is 8.42 Å². The van der Waals surface area contributed by atoms with Crippen LogP contribution >= 0.6 is 22.9 Å². The molecule has 0 fully saturated rings. The van der Waals surface area contributed by atoms with E-state index in [0.29, 0.717) is 17.3 Å². The van der Waals surface area contributed by atoms with Gasteiger partial charge in [-0.1, -0.05) is 11.6 Å². The molecule has 18 heavy (non-hydrogen) atoms. The summed E-state index contributed by atoms with van der Waals surface area (Å²) in [6.07, 6.45) is 0. The zero-order chi connectivity index (χ0) is 13.2. The van der Waals surface area contributed by atoms with E-state index in [1.807, 2.05) is 0 Å². The molecule has 0 saturated heterocycles. The number of nitrogens with two attached hydrogens (primary N) is 1. The maximum Gasteiger partial charge on any atom is 0.271 e. The molecule has 2 rings (SSSR count). The fraction of sp³-hybridized carbons (Fsp3) is 0.0909. The SMILES string of the molecule is NCc1csc(S(=O)(=O)Nc2ccc(Cl)cc2)c1. The minimum Gasteiger partial charge on any atom is -0.326 e. The average molecular weight is 303 g/mol. The van der Waals surface area contributed by atoms with Gasteiger partial charge in [0.1, 0.15) is 4.21 Å². The van der Waals surface area contributed by atoms with Crippen LogP contribution in [0.1, 0.15) is 5.56 Å².